The second-order valence-electron chi connectivity index (χ2n) is 9.02. The highest BCUT2D eigenvalue weighted by atomic mass is 16.2. The molecule has 7 heteroatoms. The zero-order chi connectivity index (χ0) is 22.0. The second-order valence-corrected chi connectivity index (χ2v) is 9.02. The van der Waals surface area contributed by atoms with Gasteiger partial charge in [-0.3, -0.25) is 19.5 Å². The summed E-state index contributed by atoms with van der Waals surface area (Å²) in [5.41, 5.74) is 1.30. The van der Waals surface area contributed by atoms with Gasteiger partial charge in [-0.25, -0.2) is 0 Å². The number of hydrogen-bond donors (Lipinski definition) is 2. The predicted molar refractivity (Wildman–Crippen MR) is 121 cm³/mol. The van der Waals surface area contributed by atoms with E-state index in [9.17, 15) is 9.59 Å². The number of hydrogen-bond acceptors (Lipinski definition) is 4. The van der Waals surface area contributed by atoms with Crippen LogP contribution >= 0.6 is 0 Å². The van der Waals surface area contributed by atoms with Crippen molar-refractivity contribution in [2.75, 3.05) is 40.8 Å². The molecule has 4 rings (SSSR count). The quantitative estimate of drug-likeness (QED) is 0.284. The first-order valence-corrected chi connectivity index (χ1v) is 11.2. The van der Waals surface area contributed by atoms with Gasteiger partial charge >= 0.3 is 0 Å². The molecule has 7 nitrogen and oxygen atoms in total. The van der Waals surface area contributed by atoms with Gasteiger partial charge in [0.25, 0.3) is 0 Å². The molecule has 5 atom stereocenters. The van der Waals surface area contributed by atoms with E-state index in [4.69, 9.17) is 0 Å². The summed E-state index contributed by atoms with van der Waals surface area (Å²) in [5, 5.41) is 6.64. The van der Waals surface area contributed by atoms with Crippen LogP contribution < -0.4 is 10.6 Å². The van der Waals surface area contributed by atoms with E-state index in [-0.39, 0.29) is 35.5 Å². The highest BCUT2D eigenvalue weighted by Gasteiger charge is 2.58. The Morgan fingerprint density at radius 3 is 2.32 bits per heavy atom. The zero-order valence-corrected chi connectivity index (χ0v) is 18.6. The van der Waals surface area contributed by atoms with Crippen molar-refractivity contribution < 1.29 is 9.59 Å². The number of amides is 2. The summed E-state index contributed by atoms with van der Waals surface area (Å²) in [6.07, 6.45) is 6.15. The number of rotatable bonds is 8. The third-order valence-electron chi connectivity index (χ3n) is 6.96. The van der Waals surface area contributed by atoms with Crippen molar-refractivity contribution in [3.8, 4) is 0 Å². The summed E-state index contributed by atoms with van der Waals surface area (Å²) in [7, 11) is 5.89. The van der Waals surface area contributed by atoms with E-state index in [0.29, 0.717) is 25.1 Å². The summed E-state index contributed by atoms with van der Waals surface area (Å²) in [6.45, 7) is 1.61. The fourth-order valence-corrected chi connectivity index (χ4v) is 5.23. The number of likely N-dealkylation sites (tertiary alicyclic amines) is 1. The Hall–Kier alpha value is -2.67. The van der Waals surface area contributed by atoms with Crippen LogP contribution in [0.3, 0.4) is 0 Å². The van der Waals surface area contributed by atoms with Crippen molar-refractivity contribution in [3.05, 3.63) is 48.0 Å². The van der Waals surface area contributed by atoms with Crippen LogP contribution in [0.4, 0.5) is 0 Å². The van der Waals surface area contributed by atoms with Gasteiger partial charge in [0.05, 0.1) is 11.8 Å². The third kappa shape index (κ3) is 4.37. The first kappa shape index (κ1) is 21.6. The number of fused-ring (bicyclic) bond motifs is 5. The van der Waals surface area contributed by atoms with Crippen molar-refractivity contribution in [3.63, 3.8) is 0 Å². The highest BCUT2D eigenvalue weighted by molar-refractivity contribution is 6.06. The zero-order valence-electron chi connectivity index (χ0n) is 18.6. The molecule has 1 saturated heterocycles. The lowest BCUT2D eigenvalue weighted by Crippen LogP contribution is -2.48. The van der Waals surface area contributed by atoms with Crippen molar-refractivity contribution in [2.24, 2.45) is 28.7 Å². The first-order valence-electron chi connectivity index (χ1n) is 11.2. The maximum atomic E-state index is 12.8. The van der Waals surface area contributed by atoms with Crippen LogP contribution in [-0.2, 0) is 16.0 Å². The molecule has 1 aliphatic heterocycles. The van der Waals surface area contributed by atoms with Gasteiger partial charge in [-0.2, -0.15) is 0 Å². The molecular weight excluding hydrogens is 390 g/mol. The largest absolute Gasteiger partial charge is 0.355 e. The molecule has 0 spiro atoms. The molecule has 0 aromatic heterocycles. The smallest absolute Gasteiger partial charge is 0.233 e. The van der Waals surface area contributed by atoms with E-state index >= 15 is 0 Å². The van der Waals surface area contributed by atoms with Crippen molar-refractivity contribution >= 4 is 17.8 Å². The summed E-state index contributed by atoms with van der Waals surface area (Å²) in [4.78, 5) is 33.5. The van der Waals surface area contributed by atoms with E-state index in [1.807, 2.05) is 6.07 Å². The molecule has 0 radical (unpaired) electrons. The Labute approximate surface area is 184 Å². The van der Waals surface area contributed by atoms with Crippen LogP contribution in [0, 0.1) is 23.7 Å². The second kappa shape index (κ2) is 9.22. The molecule has 1 aromatic carbocycles. The average Bonchev–Trinajstić information content (AvgIpc) is 3.45. The van der Waals surface area contributed by atoms with Crippen LogP contribution in [0.15, 0.2) is 47.5 Å². The summed E-state index contributed by atoms with van der Waals surface area (Å²) in [6, 6.07) is 10.8. The van der Waals surface area contributed by atoms with E-state index in [2.05, 4.69) is 71.0 Å². The normalized spacial score (nSPS) is 27.9. The lowest BCUT2D eigenvalue weighted by molar-refractivity contribution is -0.140. The van der Waals surface area contributed by atoms with E-state index < -0.39 is 0 Å². The van der Waals surface area contributed by atoms with Crippen molar-refractivity contribution in [1.29, 1.82) is 0 Å². The fraction of sp³-hybridized carbons (Fsp3) is 0.542. The highest BCUT2D eigenvalue weighted by Crippen LogP contribution is 2.52. The van der Waals surface area contributed by atoms with Crippen LogP contribution in [0.5, 0.6) is 0 Å². The van der Waals surface area contributed by atoms with Crippen molar-refractivity contribution in [2.45, 2.75) is 18.9 Å². The number of aliphatic imine (C=N–C) groups is 1. The number of allylic oxidation sites excluding steroid dienone is 2. The summed E-state index contributed by atoms with van der Waals surface area (Å²) >= 11 is 0. The van der Waals surface area contributed by atoms with E-state index in [1.54, 1.807) is 7.05 Å². The standard InChI is InChI=1S/C24H33N5O2/c1-25-24(27-15-19(28(2)3)13-16-7-5-4-6-8-16)26-11-12-29-22(30)20-17-9-10-18(14-17)21(20)23(29)31/h4-10,17-21H,11-15H2,1-3H3,(H2,25,26,27). The number of likely N-dealkylation sites (N-methyl/N-ethyl adjacent to an activating group) is 1. The molecule has 3 aliphatic rings. The average molecular weight is 424 g/mol. The summed E-state index contributed by atoms with van der Waals surface area (Å²) < 4.78 is 0. The SMILES string of the molecule is CN=C(NCCN1C(=O)C2C3C=CC(C3)C2C1=O)NCC(Cc1ccccc1)N(C)C. The molecule has 2 aliphatic carbocycles. The third-order valence-corrected chi connectivity index (χ3v) is 6.96. The lowest BCUT2D eigenvalue weighted by Gasteiger charge is -2.26. The predicted octanol–water partition coefficient (Wildman–Crippen LogP) is 1.13. The Morgan fingerprint density at radius 2 is 1.74 bits per heavy atom. The Kier molecular flexibility index (Phi) is 6.41. The molecule has 2 N–H and O–H groups in total. The number of nitrogens with zero attached hydrogens (tertiary/aromatic N) is 3. The van der Waals surface area contributed by atoms with Gasteiger partial charge in [-0.15, -0.1) is 0 Å². The Bertz CT molecular complexity index is 836. The van der Waals surface area contributed by atoms with Crippen molar-refractivity contribution in [1.82, 2.24) is 20.4 Å². The fourth-order valence-electron chi connectivity index (χ4n) is 5.23. The molecule has 31 heavy (non-hydrogen) atoms. The monoisotopic (exact) mass is 423 g/mol. The van der Waals surface area contributed by atoms with Gasteiger partial charge in [-0.1, -0.05) is 42.5 Å². The van der Waals surface area contributed by atoms with Crippen LogP contribution in [0.25, 0.3) is 0 Å². The Morgan fingerprint density at radius 1 is 1.10 bits per heavy atom. The summed E-state index contributed by atoms with van der Waals surface area (Å²) in [5.74, 6) is 0.954. The van der Waals surface area contributed by atoms with E-state index in [0.717, 1.165) is 19.4 Å². The number of nitrogens with one attached hydrogen (secondary N) is 2. The molecule has 2 fully saturated rings. The molecule has 1 saturated carbocycles. The minimum atomic E-state index is -0.126. The van der Waals surface area contributed by atoms with Crippen LogP contribution in [0.1, 0.15) is 12.0 Å². The molecule has 1 heterocycles. The molecular formula is C24H33N5O2. The van der Waals surface area contributed by atoms with Crippen LogP contribution in [-0.4, -0.2) is 74.4 Å². The number of imide groups is 1. The number of carbonyl (C=O) groups excluding carboxylic acids is 2. The maximum Gasteiger partial charge on any atom is 0.233 e. The van der Waals surface area contributed by atoms with Gasteiger partial charge in [0, 0.05) is 32.7 Å². The number of benzene rings is 1. The maximum absolute atomic E-state index is 12.8. The number of guanidine groups is 1. The van der Waals surface area contributed by atoms with Crippen LogP contribution in [0.2, 0.25) is 0 Å². The molecule has 166 valence electrons. The Balaban J connectivity index is 1.25. The first-order chi connectivity index (χ1) is 15.0. The molecule has 5 unspecified atom stereocenters. The van der Waals surface area contributed by atoms with Gasteiger partial charge in [0.2, 0.25) is 11.8 Å². The van der Waals surface area contributed by atoms with Gasteiger partial charge in [-0.05, 0) is 44.3 Å². The number of carbonyl (C=O) groups is 2. The molecule has 1 aromatic rings. The van der Waals surface area contributed by atoms with Gasteiger partial charge < -0.3 is 15.5 Å². The van der Waals surface area contributed by atoms with Gasteiger partial charge in [0.1, 0.15) is 0 Å². The molecule has 2 bridgehead atoms. The van der Waals surface area contributed by atoms with Gasteiger partial charge in [0.15, 0.2) is 5.96 Å². The topological polar surface area (TPSA) is 77.0 Å². The lowest BCUT2D eigenvalue weighted by atomic mass is 9.85. The minimum Gasteiger partial charge on any atom is -0.355 e. The van der Waals surface area contributed by atoms with E-state index in [1.165, 1.54) is 10.5 Å². The molecule has 2 amide bonds. The minimum absolute atomic E-state index is 0.00660.